The molecule has 0 aliphatic carbocycles. The molecule has 0 radical (unpaired) electrons. The zero-order chi connectivity index (χ0) is 11.1. The standard InChI is InChI=1S/C12H17NO2/c1-3-4-5-8-11(14)10-7-6-9-13-12(10)15-2/h6-7,9H,3-5,8H2,1-2H3. The zero-order valence-corrected chi connectivity index (χ0v) is 9.32. The Morgan fingerprint density at radius 2 is 2.27 bits per heavy atom. The van der Waals surface area contributed by atoms with Crippen molar-refractivity contribution in [3.63, 3.8) is 0 Å². The molecule has 0 aliphatic rings. The number of rotatable bonds is 6. The van der Waals surface area contributed by atoms with E-state index in [1.807, 2.05) is 0 Å². The predicted molar refractivity (Wildman–Crippen MR) is 59.3 cm³/mol. The Bertz CT molecular complexity index is 323. The van der Waals surface area contributed by atoms with Gasteiger partial charge in [-0.2, -0.15) is 0 Å². The number of aromatic nitrogens is 1. The maximum Gasteiger partial charge on any atom is 0.224 e. The van der Waals surface area contributed by atoms with Crippen molar-refractivity contribution in [1.29, 1.82) is 0 Å². The van der Waals surface area contributed by atoms with E-state index in [1.54, 1.807) is 18.3 Å². The van der Waals surface area contributed by atoms with Crippen molar-refractivity contribution < 1.29 is 9.53 Å². The van der Waals surface area contributed by atoms with Gasteiger partial charge >= 0.3 is 0 Å². The summed E-state index contributed by atoms with van der Waals surface area (Å²) in [7, 11) is 1.53. The van der Waals surface area contributed by atoms with Crippen molar-refractivity contribution in [3.05, 3.63) is 23.9 Å². The van der Waals surface area contributed by atoms with E-state index in [9.17, 15) is 4.79 Å². The highest BCUT2D eigenvalue weighted by atomic mass is 16.5. The van der Waals surface area contributed by atoms with Crippen LogP contribution in [0.15, 0.2) is 18.3 Å². The average molecular weight is 207 g/mol. The van der Waals surface area contributed by atoms with Crippen molar-refractivity contribution in [2.45, 2.75) is 32.6 Å². The number of nitrogens with zero attached hydrogens (tertiary/aromatic N) is 1. The van der Waals surface area contributed by atoms with Gasteiger partial charge in [-0.15, -0.1) is 0 Å². The van der Waals surface area contributed by atoms with E-state index in [1.165, 1.54) is 7.11 Å². The topological polar surface area (TPSA) is 39.2 Å². The summed E-state index contributed by atoms with van der Waals surface area (Å²) in [5.74, 6) is 0.549. The van der Waals surface area contributed by atoms with Crippen LogP contribution in [0.1, 0.15) is 43.0 Å². The first-order valence-electron chi connectivity index (χ1n) is 5.31. The lowest BCUT2D eigenvalue weighted by Gasteiger charge is -2.05. The van der Waals surface area contributed by atoms with E-state index < -0.39 is 0 Å². The second kappa shape index (κ2) is 6.17. The molecule has 0 aliphatic heterocycles. The van der Waals surface area contributed by atoms with Gasteiger partial charge in [0.25, 0.3) is 0 Å². The SMILES string of the molecule is CCCCCC(=O)c1cccnc1OC. The minimum absolute atomic E-state index is 0.119. The van der Waals surface area contributed by atoms with Gasteiger partial charge in [0.1, 0.15) is 0 Å². The number of methoxy groups -OCH3 is 1. The first-order chi connectivity index (χ1) is 7.29. The van der Waals surface area contributed by atoms with E-state index in [-0.39, 0.29) is 5.78 Å². The van der Waals surface area contributed by atoms with Crippen LogP contribution in [-0.2, 0) is 0 Å². The van der Waals surface area contributed by atoms with Gasteiger partial charge in [0, 0.05) is 12.6 Å². The molecule has 1 aromatic heterocycles. The van der Waals surface area contributed by atoms with Gasteiger partial charge in [0.2, 0.25) is 5.88 Å². The van der Waals surface area contributed by atoms with Gasteiger partial charge in [-0.1, -0.05) is 19.8 Å². The van der Waals surface area contributed by atoms with Crippen molar-refractivity contribution >= 4 is 5.78 Å². The van der Waals surface area contributed by atoms with Crippen LogP contribution < -0.4 is 4.74 Å². The lowest BCUT2D eigenvalue weighted by Crippen LogP contribution is -2.03. The normalized spacial score (nSPS) is 10.0. The number of carbonyl (C=O) groups is 1. The molecule has 0 saturated carbocycles. The Balaban J connectivity index is 2.64. The smallest absolute Gasteiger partial charge is 0.224 e. The lowest BCUT2D eigenvalue weighted by molar-refractivity contribution is 0.0975. The Labute approximate surface area is 90.5 Å². The van der Waals surface area contributed by atoms with Gasteiger partial charge in [0.15, 0.2) is 5.78 Å². The number of unbranched alkanes of at least 4 members (excludes halogenated alkanes) is 2. The van der Waals surface area contributed by atoms with Crippen molar-refractivity contribution in [1.82, 2.24) is 4.98 Å². The average Bonchev–Trinajstić information content (AvgIpc) is 2.29. The predicted octanol–water partition coefficient (Wildman–Crippen LogP) is 2.85. The molecule has 0 spiro atoms. The second-order valence-corrected chi connectivity index (χ2v) is 3.44. The molecule has 1 aromatic rings. The monoisotopic (exact) mass is 207 g/mol. The number of carbonyl (C=O) groups excluding carboxylic acids is 1. The lowest BCUT2D eigenvalue weighted by atomic mass is 10.1. The summed E-state index contributed by atoms with van der Waals surface area (Å²) in [5.41, 5.74) is 0.594. The van der Waals surface area contributed by atoms with Gasteiger partial charge in [-0.05, 0) is 18.6 Å². The quantitative estimate of drug-likeness (QED) is 0.532. The van der Waals surface area contributed by atoms with E-state index in [2.05, 4.69) is 11.9 Å². The molecule has 1 rings (SSSR count). The number of hydrogen-bond acceptors (Lipinski definition) is 3. The summed E-state index contributed by atoms with van der Waals surface area (Å²) in [4.78, 5) is 15.8. The molecule has 1 heterocycles. The summed E-state index contributed by atoms with van der Waals surface area (Å²) >= 11 is 0. The molecule has 0 amide bonds. The highest BCUT2D eigenvalue weighted by Crippen LogP contribution is 2.17. The van der Waals surface area contributed by atoms with Crippen molar-refractivity contribution in [2.75, 3.05) is 7.11 Å². The van der Waals surface area contributed by atoms with E-state index in [0.717, 1.165) is 19.3 Å². The van der Waals surface area contributed by atoms with Crippen LogP contribution in [0.4, 0.5) is 0 Å². The molecular formula is C12H17NO2. The van der Waals surface area contributed by atoms with Crippen LogP contribution in [0.3, 0.4) is 0 Å². The van der Waals surface area contributed by atoms with Crippen molar-refractivity contribution in [2.24, 2.45) is 0 Å². The van der Waals surface area contributed by atoms with Crippen LogP contribution in [0.5, 0.6) is 5.88 Å². The second-order valence-electron chi connectivity index (χ2n) is 3.44. The van der Waals surface area contributed by atoms with Crippen LogP contribution in [0.2, 0.25) is 0 Å². The van der Waals surface area contributed by atoms with Crippen molar-refractivity contribution in [3.8, 4) is 5.88 Å². The minimum Gasteiger partial charge on any atom is -0.480 e. The van der Waals surface area contributed by atoms with Gasteiger partial charge in [0.05, 0.1) is 12.7 Å². The number of hydrogen-bond donors (Lipinski definition) is 0. The fourth-order valence-corrected chi connectivity index (χ4v) is 1.44. The summed E-state index contributed by atoms with van der Waals surface area (Å²) in [6.07, 6.45) is 5.36. The van der Waals surface area contributed by atoms with Gasteiger partial charge < -0.3 is 4.74 Å². The molecule has 0 unspecified atom stereocenters. The third kappa shape index (κ3) is 3.35. The van der Waals surface area contributed by atoms with Crippen LogP contribution in [0.25, 0.3) is 0 Å². The molecule has 0 bridgehead atoms. The molecule has 0 N–H and O–H groups in total. The summed E-state index contributed by atoms with van der Waals surface area (Å²) in [6.45, 7) is 2.12. The summed E-state index contributed by atoms with van der Waals surface area (Å²) in [5, 5.41) is 0. The molecule has 0 atom stereocenters. The number of ketones is 1. The zero-order valence-electron chi connectivity index (χ0n) is 9.32. The summed E-state index contributed by atoms with van der Waals surface area (Å²) in [6, 6.07) is 3.52. The van der Waals surface area contributed by atoms with E-state index >= 15 is 0 Å². The third-order valence-corrected chi connectivity index (χ3v) is 2.27. The Morgan fingerprint density at radius 3 is 2.93 bits per heavy atom. The molecule has 82 valence electrons. The Hall–Kier alpha value is -1.38. The molecule has 3 heteroatoms. The number of Topliss-reactive ketones (excluding diaryl/α,β-unsaturated/α-hetero) is 1. The molecule has 0 saturated heterocycles. The van der Waals surface area contributed by atoms with E-state index in [0.29, 0.717) is 17.9 Å². The van der Waals surface area contributed by atoms with Crippen LogP contribution in [0, 0.1) is 0 Å². The fourth-order valence-electron chi connectivity index (χ4n) is 1.44. The number of pyridine rings is 1. The third-order valence-electron chi connectivity index (χ3n) is 2.27. The Kier molecular flexibility index (Phi) is 4.81. The molecule has 15 heavy (non-hydrogen) atoms. The molecular weight excluding hydrogens is 190 g/mol. The number of ether oxygens (including phenoxy) is 1. The largest absolute Gasteiger partial charge is 0.480 e. The first kappa shape index (κ1) is 11.7. The van der Waals surface area contributed by atoms with Crippen LogP contribution in [-0.4, -0.2) is 17.9 Å². The summed E-state index contributed by atoms with van der Waals surface area (Å²) < 4.78 is 5.04. The minimum atomic E-state index is 0.119. The van der Waals surface area contributed by atoms with Gasteiger partial charge in [-0.3, -0.25) is 4.79 Å². The Morgan fingerprint density at radius 1 is 1.47 bits per heavy atom. The van der Waals surface area contributed by atoms with Gasteiger partial charge in [-0.25, -0.2) is 4.98 Å². The fraction of sp³-hybridized carbons (Fsp3) is 0.500. The van der Waals surface area contributed by atoms with E-state index in [4.69, 9.17) is 4.74 Å². The maximum absolute atomic E-state index is 11.8. The first-order valence-corrected chi connectivity index (χ1v) is 5.31. The highest BCUT2D eigenvalue weighted by Gasteiger charge is 2.11. The molecule has 0 fully saturated rings. The molecule has 3 nitrogen and oxygen atoms in total. The van der Waals surface area contributed by atoms with Crippen LogP contribution >= 0.6 is 0 Å². The maximum atomic E-state index is 11.8. The highest BCUT2D eigenvalue weighted by molar-refractivity contribution is 5.98. The molecule has 0 aromatic carbocycles.